The Morgan fingerprint density at radius 1 is 1.37 bits per heavy atom. The number of primary sulfonamides is 1. The lowest BCUT2D eigenvalue weighted by molar-refractivity contribution is -0.121. The molecular formula is C13H18N2O3S. The predicted molar refractivity (Wildman–Crippen MR) is 71.8 cm³/mol. The van der Waals surface area contributed by atoms with Crippen LogP contribution in [0.3, 0.4) is 0 Å². The number of aryl methyl sites for hydroxylation is 1. The Morgan fingerprint density at radius 2 is 1.95 bits per heavy atom. The van der Waals surface area contributed by atoms with Gasteiger partial charge in [-0.25, -0.2) is 13.6 Å². The van der Waals surface area contributed by atoms with E-state index in [0.717, 1.165) is 12.0 Å². The molecule has 0 bridgehead atoms. The van der Waals surface area contributed by atoms with Gasteiger partial charge in [0.2, 0.25) is 15.9 Å². The normalized spacial score (nSPS) is 22.0. The molecule has 1 aliphatic carbocycles. The third kappa shape index (κ3) is 4.04. The standard InChI is InChI=1S/C13H18N2O3S/c1-9-8-12(9)15-13(16)7-4-10-2-5-11(6-3-10)19(14,17)18/h2-3,5-6,9,12H,4,7-8H2,1H3,(H,15,16)(H2,14,17,18). The first kappa shape index (κ1) is 14.0. The van der Waals surface area contributed by atoms with Crippen molar-refractivity contribution in [2.45, 2.75) is 37.1 Å². The number of benzene rings is 1. The maximum atomic E-state index is 11.6. The second-order valence-electron chi connectivity index (χ2n) is 5.08. The van der Waals surface area contributed by atoms with Crippen LogP contribution in [-0.2, 0) is 21.2 Å². The van der Waals surface area contributed by atoms with E-state index in [1.165, 1.54) is 12.1 Å². The molecule has 5 nitrogen and oxygen atoms in total. The Labute approximate surface area is 113 Å². The third-order valence-electron chi connectivity index (χ3n) is 3.35. The molecule has 1 aliphatic rings. The number of carbonyl (C=O) groups is 1. The molecule has 0 spiro atoms. The lowest BCUT2D eigenvalue weighted by Gasteiger charge is -2.05. The number of nitrogens with one attached hydrogen (secondary N) is 1. The molecule has 3 N–H and O–H groups in total. The Hall–Kier alpha value is -1.40. The lowest BCUT2D eigenvalue weighted by atomic mass is 10.1. The van der Waals surface area contributed by atoms with E-state index in [9.17, 15) is 13.2 Å². The number of amides is 1. The molecule has 19 heavy (non-hydrogen) atoms. The van der Waals surface area contributed by atoms with Crippen LogP contribution in [0.2, 0.25) is 0 Å². The van der Waals surface area contributed by atoms with Crippen LogP contribution in [-0.4, -0.2) is 20.4 Å². The first-order valence-corrected chi connectivity index (χ1v) is 7.82. The minimum atomic E-state index is -3.64. The van der Waals surface area contributed by atoms with E-state index >= 15 is 0 Å². The molecule has 0 heterocycles. The van der Waals surface area contributed by atoms with Gasteiger partial charge in [0, 0.05) is 12.5 Å². The molecule has 2 rings (SSSR count). The van der Waals surface area contributed by atoms with Crippen LogP contribution in [0.4, 0.5) is 0 Å². The molecule has 0 saturated heterocycles. The van der Waals surface area contributed by atoms with Crippen molar-refractivity contribution in [2.75, 3.05) is 0 Å². The first-order valence-electron chi connectivity index (χ1n) is 6.27. The molecule has 1 aromatic carbocycles. The average molecular weight is 282 g/mol. The van der Waals surface area contributed by atoms with Gasteiger partial charge < -0.3 is 5.32 Å². The van der Waals surface area contributed by atoms with Gasteiger partial charge in [-0.1, -0.05) is 19.1 Å². The molecule has 0 aromatic heterocycles. The summed E-state index contributed by atoms with van der Waals surface area (Å²) < 4.78 is 22.2. The van der Waals surface area contributed by atoms with E-state index in [1.807, 2.05) is 0 Å². The van der Waals surface area contributed by atoms with E-state index in [4.69, 9.17) is 5.14 Å². The highest BCUT2D eigenvalue weighted by Gasteiger charge is 2.33. The SMILES string of the molecule is CC1CC1NC(=O)CCc1ccc(S(N)(=O)=O)cc1. The van der Waals surface area contributed by atoms with Crippen molar-refractivity contribution in [3.05, 3.63) is 29.8 Å². The Bertz CT molecular complexity index is 566. The molecule has 2 unspecified atom stereocenters. The topological polar surface area (TPSA) is 89.3 Å². The molecule has 1 saturated carbocycles. The summed E-state index contributed by atoms with van der Waals surface area (Å²) in [6.07, 6.45) is 2.07. The van der Waals surface area contributed by atoms with Crippen molar-refractivity contribution in [3.63, 3.8) is 0 Å². The first-order chi connectivity index (χ1) is 8.86. The van der Waals surface area contributed by atoms with Gasteiger partial charge in [-0.05, 0) is 36.5 Å². The van der Waals surface area contributed by atoms with Gasteiger partial charge in [-0.15, -0.1) is 0 Å². The molecule has 0 radical (unpaired) electrons. The summed E-state index contributed by atoms with van der Waals surface area (Å²) >= 11 is 0. The second kappa shape index (κ2) is 5.30. The van der Waals surface area contributed by atoms with Gasteiger partial charge >= 0.3 is 0 Å². The quantitative estimate of drug-likeness (QED) is 0.836. The lowest BCUT2D eigenvalue weighted by Crippen LogP contribution is -2.26. The number of hydrogen-bond acceptors (Lipinski definition) is 3. The van der Waals surface area contributed by atoms with Crippen molar-refractivity contribution in [1.82, 2.24) is 5.32 Å². The third-order valence-corrected chi connectivity index (χ3v) is 4.28. The van der Waals surface area contributed by atoms with Crippen molar-refractivity contribution in [1.29, 1.82) is 0 Å². The highest BCUT2D eigenvalue weighted by atomic mass is 32.2. The summed E-state index contributed by atoms with van der Waals surface area (Å²) in [5.74, 6) is 0.642. The fraction of sp³-hybridized carbons (Fsp3) is 0.462. The van der Waals surface area contributed by atoms with E-state index in [0.29, 0.717) is 24.8 Å². The molecule has 1 amide bonds. The van der Waals surface area contributed by atoms with Crippen LogP contribution in [0.25, 0.3) is 0 Å². The number of rotatable bonds is 5. The highest BCUT2D eigenvalue weighted by molar-refractivity contribution is 7.89. The van der Waals surface area contributed by atoms with Crippen molar-refractivity contribution < 1.29 is 13.2 Å². The van der Waals surface area contributed by atoms with Crippen molar-refractivity contribution >= 4 is 15.9 Å². The maximum Gasteiger partial charge on any atom is 0.238 e. The van der Waals surface area contributed by atoms with Crippen LogP contribution in [0, 0.1) is 5.92 Å². The van der Waals surface area contributed by atoms with Gasteiger partial charge in [0.15, 0.2) is 0 Å². The largest absolute Gasteiger partial charge is 0.353 e. The van der Waals surface area contributed by atoms with E-state index < -0.39 is 10.0 Å². The Morgan fingerprint density at radius 3 is 2.42 bits per heavy atom. The summed E-state index contributed by atoms with van der Waals surface area (Å²) in [4.78, 5) is 11.7. The van der Waals surface area contributed by atoms with E-state index in [-0.39, 0.29) is 10.8 Å². The zero-order valence-corrected chi connectivity index (χ0v) is 11.6. The van der Waals surface area contributed by atoms with Gasteiger partial charge in [0.1, 0.15) is 0 Å². The van der Waals surface area contributed by atoms with Crippen molar-refractivity contribution in [2.24, 2.45) is 11.1 Å². The minimum absolute atomic E-state index is 0.0462. The van der Waals surface area contributed by atoms with Crippen LogP contribution in [0.5, 0.6) is 0 Å². The van der Waals surface area contributed by atoms with E-state index in [2.05, 4.69) is 12.2 Å². The fourth-order valence-electron chi connectivity index (χ4n) is 1.91. The number of hydrogen-bond donors (Lipinski definition) is 2. The van der Waals surface area contributed by atoms with Gasteiger partial charge in [0.25, 0.3) is 0 Å². The van der Waals surface area contributed by atoms with Crippen LogP contribution >= 0.6 is 0 Å². The zero-order valence-electron chi connectivity index (χ0n) is 10.8. The minimum Gasteiger partial charge on any atom is -0.353 e. The molecule has 2 atom stereocenters. The monoisotopic (exact) mass is 282 g/mol. The summed E-state index contributed by atoms with van der Waals surface area (Å²) in [5, 5.41) is 7.97. The second-order valence-corrected chi connectivity index (χ2v) is 6.64. The number of sulfonamides is 1. The number of carbonyl (C=O) groups excluding carboxylic acids is 1. The summed E-state index contributed by atoms with van der Waals surface area (Å²) in [6.45, 7) is 2.11. The van der Waals surface area contributed by atoms with E-state index in [1.54, 1.807) is 12.1 Å². The maximum absolute atomic E-state index is 11.6. The molecular weight excluding hydrogens is 264 g/mol. The Kier molecular flexibility index (Phi) is 3.91. The van der Waals surface area contributed by atoms with Crippen molar-refractivity contribution in [3.8, 4) is 0 Å². The van der Waals surface area contributed by atoms with Gasteiger partial charge in [0.05, 0.1) is 4.90 Å². The number of nitrogens with two attached hydrogens (primary N) is 1. The molecule has 0 aliphatic heterocycles. The summed E-state index contributed by atoms with van der Waals surface area (Å²) in [6, 6.07) is 6.65. The van der Waals surface area contributed by atoms with Crippen LogP contribution in [0.1, 0.15) is 25.3 Å². The molecule has 1 fully saturated rings. The Balaban J connectivity index is 1.84. The smallest absolute Gasteiger partial charge is 0.238 e. The zero-order chi connectivity index (χ0) is 14.0. The predicted octanol–water partition coefficient (Wildman–Crippen LogP) is 0.791. The molecule has 1 aromatic rings. The average Bonchev–Trinajstić information content (AvgIpc) is 3.01. The van der Waals surface area contributed by atoms with Crippen LogP contribution in [0.15, 0.2) is 29.2 Å². The molecule has 6 heteroatoms. The highest BCUT2D eigenvalue weighted by Crippen LogP contribution is 2.28. The molecule has 104 valence electrons. The van der Waals surface area contributed by atoms with Gasteiger partial charge in [-0.3, -0.25) is 4.79 Å². The van der Waals surface area contributed by atoms with Crippen LogP contribution < -0.4 is 10.5 Å². The summed E-state index contributed by atoms with van der Waals surface area (Å²) in [7, 11) is -3.64. The van der Waals surface area contributed by atoms with Gasteiger partial charge in [-0.2, -0.15) is 0 Å². The summed E-state index contributed by atoms with van der Waals surface area (Å²) in [5.41, 5.74) is 0.923. The fourth-order valence-corrected chi connectivity index (χ4v) is 2.42.